The largest absolute Gasteiger partial charge is 0.325 e. The molecule has 3 aromatic rings. The summed E-state index contributed by atoms with van der Waals surface area (Å²) in [4.78, 5) is 28.0. The Hall–Kier alpha value is -2.92. The molecule has 8 nitrogen and oxygen atoms in total. The highest BCUT2D eigenvalue weighted by Crippen LogP contribution is 2.19. The van der Waals surface area contributed by atoms with Crippen molar-refractivity contribution in [3.05, 3.63) is 46.2 Å². The average molecular weight is 378 g/mol. The van der Waals surface area contributed by atoms with Gasteiger partial charge in [0.1, 0.15) is 16.5 Å². The quantitative estimate of drug-likeness (QED) is 0.645. The minimum Gasteiger partial charge on any atom is -0.308 e. The predicted octanol–water partition coefficient (Wildman–Crippen LogP) is 3.34. The predicted molar refractivity (Wildman–Crippen MR) is 93.8 cm³/mol. The molecule has 0 bridgehead atoms. The number of hydrogen-bond acceptors (Lipinski definition) is 7. The average Bonchev–Trinajstić information content (AvgIpc) is 3.19. The van der Waals surface area contributed by atoms with Gasteiger partial charge in [0.2, 0.25) is 5.13 Å². The van der Waals surface area contributed by atoms with Gasteiger partial charge < -0.3 is 5.32 Å². The first kappa shape index (κ1) is 16.9. The molecule has 3 rings (SSSR count). The van der Waals surface area contributed by atoms with Crippen molar-refractivity contribution in [2.75, 3.05) is 16.0 Å². The van der Waals surface area contributed by atoms with Crippen LogP contribution < -0.4 is 16.0 Å². The lowest BCUT2D eigenvalue weighted by Gasteiger charge is -2.04. The van der Waals surface area contributed by atoms with E-state index in [2.05, 4.69) is 31.1 Å². The van der Waals surface area contributed by atoms with Crippen LogP contribution in [0.5, 0.6) is 0 Å². The molecule has 25 heavy (non-hydrogen) atoms. The number of rotatable bonds is 4. The van der Waals surface area contributed by atoms with Gasteiger partial charge in [0.25, 0.3) is 5.91 Å². The van der Waals surface area contributed by atoms with Crippen LogP contribution in [0.4, 0.5) is 25.1 Å². The van der Waals surface area contributed by atoms with Crippen LogP contribution in [0.15, 0.2) is 29.6 Å². The third-order valence-electron chi connectivity index (χ3n) is 2.81. The van der Waals surface area contributed by atoms with E-state index in [1.54, 1.807) is 6.92 Å². The molecule has 128 valence electrons. The zero-order chi connectivity index (χ0) is 17.8. The molecule has 0 aliphatic heterocycles. The monoisotopic (exact) mass is 378 g/mol. The van der Waals surface area contributed by atoms with Gasteiger partial charge >= 0.3 is 6.03 Å². The standard InChI is InChI=1S/C14H11FN6O2S2/c1-7-20-21-14(25-7)18-11(22)10-6-24-13(17-10)19-12(23)16-9-4-2-8(15)3-5-9/h2-6H,1H3,(H,18,21,22)(H2,16,17,19,23). The lowest BCUT2D eigenvalue weighted by atomic mass is 10.3. The lowest BCUT2D eigenvalue weighted by Crippen LogP contribution is -2.19. The second-order valence-corrected chi connectivity index (χ2v) is 6.74. The van der Waals surface area contributed by atoms with Crippen LogP contribution in [-0.2, 0) is 0 Å². The summed E-state index contributed by atoms with van der Waals surface area (Å²) >= 11 is 2.34. The van der Waals surface area contributed by atoms with Crippen LogP contribution in [0, 0.1) is 12.7 Å². The SMILES string of the molecule is Cc1nnc(NC(=O)c2csc(NC(=O)Nc3ccc(F)cc3)n2)s1. The fraction of sp³-hybridized carbons (Fsp3) is 0.0714. The van der Waals surface area contributed by atoms with Gasteiger partial charge in [-0.3, -0.25) is 15.4 Å². The number of aryl methyl sites for hydroxylation is 1. The maximum absolute atomic E-state index is 12.8. The van der Waals surface area contributed by atoms with Gasteiger partial charge in [-0.1, -0.05) is 11.3 Å². The number of nitrogens with zero attached hydrogens (tertiary/aromatic N) is 3. The van der Waals surface area contributed by atoms with Gasteiger partial charge in [0.15, 0.2) is 5.13 Å². The van der Waals surface area contributed by atoms with Gasteiger partial charge in [-0.05, 0) is 31.2 Å². The molecule has 0 aliphatic rings. The van der Waals surface area contributed by atoms with Crippen molar-refractivity contribution in [3.63, 3.8) is 0 Å². The molecule has 3 N–H and O–H groups in total. The van der Waals surface area contributed by atoms with E-state index in [4.69, 9.17) is 0 Å². The number of benzene rings is 1. The summed E-state index contributed by atoms with van der Waals surface area (Å²) in [7, 11) is 0. The minimum absolute atomic E-state index is 0.148. The number of anilines is 3. The van der Waals surface area contributed by atoms with Crippen molar-refractivity contribution in [1.82, 2.24) is 15.2 Å². The highest BCUT2D eigenvalue weighted by Gasteiger charge is 2.14. The second-order valence-electron chi connectivity index (χ2n) is 4.70. The summed E-state index contributed by atoms with van der Waals surface area (Å²) in [5.41, 5.74) is 0.579. The maximum Gasteiger partial charge on any atom is 0.325 e. The molecule has 1 aromatic carbocycles. The van der Waals surface area contributed by atoms with Crippen LogP contribution in [0.3, 0.4) is 0 Å². The van der Waals surface area contributed by atoms with E-state index in [0.717, 1.165) is 16.3 Å². The molecule has 3 amide bonds. The van der Waals surface area contributed by atoms with E-state index in [0.29, 0.717) is 10.8 Å². The number of hydrogen-bond donors (Lipinski definition) is 3. The number of carbonyl (C=O) groups excluding carboxylic acids is 2. The molecule has 0 fully saturated rings. The van der Waals surface area contributed by atoms with Crippen LogP contribution in [0.2, 0.25) is 0 Å². The number of carbonyl (C=O) groups is 2. The Balaban J connectivity index is 1.58. The molecule has 0 atom stereocenters. The Morgan fingerprint density at radius 2 is 1.80 bits per heavy atom. The van der Waals surface area contributed by atoms with Gasteiger partial charge in [-0.15, -0.1) is 21.5 Å². The molecule has 0 saturated heterocycles. The van der Waals surface area contributed by atoms with Gasteiger partial charge in [-0.25, -0.2) is 14.2 Å². The van der Waals surface area contributed by atoms with Crippen LogP contribution >= 0.6 is 22.7 Å². The van der Waals surface area contributed by atoms with Crippen LogP contribution in [-0.4, -0.2) is 27.1 Å². The fourth-order valence-electron chi connectivity index (χ4n) is 1.74. The molecule has 0 saturated carbocycles. The van der Waals surface area contributed by atoms with E-state index >= 15 is 0 Å². The zero-order valence-electron chi connectivity index (χ0n) is 12.7. The number of aromatic nitrogens is 3. The topological polar surface area (TPSA) is 109 Å². The number of thiazole rings is 1. The van der Waals surface area contributed by atoms with Crippen molar-refractivity contribution in [2.45, 2.75) is 6.92 Å². The smallest absolute Gasteiger partial charge is 0.308 e. The summed E-state index contributed by atoms with van der Waals surface area (Å²) < 4.78 is 12.8. The third kappa shape index (κ3) is 4.55. The second kappa shape index (κ2) is 7.32. The van der Waals surface area contributed by atoms with E-state index in [9.17, 15) is 14.0 Å². The number of halogens is 1. The number of nitrogens with one attached hydrogen (secondary N) is 3. The Kier molecular flexibility index (Phi) is 4.95. The molecule has 11 heteroatoms. The van der Waals surface area contributed by atoms with E-state index in [-0.39, 0.29) is 10.8 Å². The van der Waals surface area contributed by atoms with E-state index in [1.807, 2.05) is 0 Å². The summed E-state index contributed by atoms with van der Waals surface area (Å²) in [6, 6.07) is 4.78. The molecule has 0 spiro atoms. The normalized spacial score (nSPS) is 10.3. The maximum atomic E-state index is 12.8. The summed E-state index contributed by atoms with van der Waals surface area (Å²) in [6.45, 7) is 1.78. The molecule has 0 unspecified atom stereocenters. The van der Waals surface area contributed by atoms with Crippen molar-refractivity contribution in [1.29, 1.82) is 0 Å². The highest BCUT2D eigenvalue weighted by molar-refractivity contribution is 7.15. The molecule has 0 radical (unpaired) electrons. The molecule has 0 aliphatic carbocycles. The molecular weight excluding hydrogens is 367 g/mol. The van der Waals surface area contributed by atoms with Gasteiger partial charge in [0, 0.05) is 11.1 Å². The van der Waals surface area contributed by atoms with Gasteiger partial charge in [-0.2, -0.15) is 0 Å². The Labute approximate surface area is 149 Å². The summed E-state index contributed by atoms with van der Waals surface area (Å²) in [5.74, 6) is -0.841. The van der Waals surface area contributed by atoms with Crippen molar-refractivity contribution in [3.8, 4) is 0 Å². The summed E-state index contributed by atoms with van der Waals surface area (Å²) in [6.07, 6.45) is 0. The fourth-order valence-corrected chi connectivity index (χ4v) is 3.01. The summed E-state index contributed by atoms with van der Waals surface area (Å²) in [5, 5.41) is 18.1. The lowest BCUT2D eigenvalue weighted by molar-refractivity contribution is 0.102. The Morgan fingerprint density at radius 1 is 1.04 bits per heavy atom. The highest BCUT2D eigenvalue weighted by atomic mass is 32.1. The Morgan fingerprint density at radius 3 is 2.48 bits per heavy atom. The first-order valence-electron chi connectivity index (χ1n) is 6.90. The van der Waals surface area contributed by atoms with Gasteiger partial charge in [0.05, 0.1) is 0 Å². The first-order chi connectivity index (χ1) is 12.0. The zero-order valence-corrected chi connectivity index (χ0v) is 14.4. The van der Waals surface area contributed by atoms with Crippen molar-refractivity contribution < 1.29 is 14.0 Å². The minimum atomic E-state index is -0.548. The molecule has 2 heterocycles. The van der Waals surface area contributed by atoms with Crippen LogP contribution in [0.1, 0.15) is 15.5 Å². The van der Waals surface area contributed by atoms with E-state index in [1.165, 1.54) is 41.0 Å². The molecule has 2 aromatic heterocycles. The number of amides is 3. The van der Waals surface area contributed by atoms with E-state index < -0.39 is 17.8 Å². The number of urea groups is 1. The third-order valence-corrected chi connectivity index (χ3v) is 4.32. The molecular formula is C14H11FN6O2S2. The van der Waals surface area contributed by atoms with Crippen molar-refractivity contribution >= 4 is 50.6 Å². The Bertz CT molecular complexity index is 908. The van der Waals surface area contributed by atoms with Crippen LogP contribution in [0.25, 0.3) is 0 Å². The van der Waals surface area contributed by atoms with Crippen molar-refractivity contribution in [2.24, 2.45) is 0 Å². The first-order valence-corrected chi connectivity index (χ1v) is 8.60.